The van der Waals surface area contributed by atoms with Crippen molar-refractivity contribution in [3.8, 4) is 22.2 Å². The van der Waals surface area contributed by atoms with E-state index >= 15 is 0 Å². The summed E-state index contributed by atoms with van der Waals surface area (Å²) in [5, 5.41) is 19.8. The van der Waals surface area contributed by atoms with Crippen molar-refractivity contribution in [3.63, 3.8) is 0 Å². The number of rotatable bonds is 5. The number of aromatic nitrogens is 5. The van der Waals surface area contributed by atoms with Crippen LogP contribution in [0.15, 0.2) is 45.3 Å². The van der Waals surface area contributed by atoms with Crippen LogP contribution < -0.4 is 5.84 Å². The molecular weight excluding hydrogens is 427 g/mol. The van der Waals surface area contributed by atoms with Crippen LogP contribution in [0.1, 0.15) is 18.1 Å². The van der Waals surface area contributed by atoms with Crippen molar-refractivity contribution in [2.45, 2.75) is 17.3 Å². The minimum absolute atomic E-state index is 0.161. The molecule has 7 nitrogen and oxygen atoms in total. The summed E-state index contributed by atoms with van der Waals surface area (Å²) in [7, 11) is 0. The van der Waals surface area contributed by atoms with Crippen molar-refractivity contribution in [1.82, 2.24) is 25.1 Å². The summed E-state index contributed by atoms with van der Waals surface area (Å²) < 4.78 is 7.14. The molecular formula is C16H12Cl2N6OS2. The van der Waals surface area contributed by atoms with E-state index in [1.165, 1.54) is 27.8 Å². The van der Waals surface area contributed by atoms with Crippen LogP contribution in [0.4, 0.5) is 0 Å². The van der Waals surface area contributed by atoms with E-state index in [0.29, 0.717) is 38.4 Å². The molecule has 138 valence electrons. The Bertz CT molecular complexity index is 1080. The van der Waals surface area contributed by atoms with E-state index < -0.39 is 0 Å². The first-order valence-corrected chi connectivity index (χ1v) is 10.2. The van der Waals surface area contributed by atoms with Gasteiger partial charge in [-0.25, -0.2) is 4.68 Å². The second kappa shape index (κ2) is 7.51. The van der Waals surface area contributed by atoms with Crippen LogP contribution >= 0.6 is 46.3 Å². The summed E-state index contributed by atoms with van der Waals surface area (Å²) in [6.07, 6.45) is 0. The molecule has 1 aromatic carbocycles. The first-order chi connectivity index (χ1) is 13.0. The van der Waals surface area contributed by atoms with Gasteiger partial charge in [-0.2, -0.15) is 0 Å². The number of hydrogen-bond acceptors (Lipinski definition) is 8. The number of benzene rings is 1. The van der Waals surface area contributed by atoms with Crippen LogP contribution in [0.2, 0.25) is 10.0 Å². The molecule has 1 atom stereocenters. The standard InChI is InChI=1S/C16H12Cl2N6OS2/c1-8(14-21-22-15(25-14)12-3-2-6-26-12)27-16-23-20-13(24(16)19)10-5-4-9(17)7-11(10)18/h2-8H,19H2,1H3/t8-/m0/s1. The van der Waals surface area contributed by atoms with Gasteiger partial charge in [0.1, 0.15) is 0 Å². The molecule has 11 heteroatoms. The molecule has 0 amide bonds. The topological polar surface area (TPSA) is 95.7 Å². The minimum Gasteiger partial charge on any atom is -0.419 e. The lowest BCUT2D eigenvalue weighted by Crippen LogP contribution is -2.12. The molecule has 2 N–H and O–H groups in total. The van der Waals surface area contributed by atoms with Crippen LogP contribution in [0, 0.1) is 0 Å². The fourth-order valence-corrected chi connectivity index (χ4v) is 4.26. The van der Waals surface area contributed by atoms with Gasteiger partial charge in [0.05, 0.1) is 15.1 Å². The van der Waals surface area contributed by atoms with Crippen molar-refractivity contribution in [2.75, 3.05) is 5.84 Å². The molecule has 3 aromatic heterocycles. The molecule has 4 aromatic rings. The van der Waals surface area contributed by atoms with Crippen molar-refractivity contribution in [2.24, 2.45) is 0 Å². The van der Waals surface area contributed by atoms with Gasteiger partial charge in [0.25, 0.3) is 5.89 Å². The normalized spacial score (nSPS) is 12.4. The predicted octanol–water partition coefficient (Wildman–Crippen LogP) is 4.93. The maximum Gasteiger partial charge on any atom is 0.257 e. The van der Waals surface area contributed by atoms with Crippen LogP contribution in [-0.4, -0.2) is 25.1 Å². The summed E-state index contributed by atoms with van der Waals surface area (Å²) in [6.45, 7) is 1.93. The minimum atomic E-state index is -0.161. The van der Waals surface area contributed by atoms with E-state index in [2.05, 4.69) is 20.4 Å². The molecule has 0 saturated heterocycles. The molecule has 4 rings (SSSR count). The summed E-state index contributed by atoms with van der Waals surface area (Å²) in [4.78, 5) is 0.924. The van der Waals surface area contributed by atoms with Crippen molar-refractivity contribution in [3.05, 3.63) is 51.6 Å². The highest BCUT2D eigenvalue weighted by molar-refractivity contribution is 7.99. The quantitative estimate of drug-likeness (QED) is 0.348. The Labute approximate surface area is 172 Å². The number of nitrogens with two attached hydrogens (primary N) is 1. The third-order valence-electron chi connectivity index (χ3n) is 3.64. The Balaban J connectivity index is 1.56. The second-order valence-electron chi connectivity index (χ2n) is 5.48. The lowest BCUT2D eigenvalue weighted by molar-refractivity contribution is 0.510. The van der Waals surface area contributed by atoms with Crippen LogP contribution in [-0.2, 0) is 0 Å². The average Bonchev–Trinajstić information content (AvgIpc) is 3.37. The van der Waals surface area contributed by atoms with Crippen molar-refractivity contribution < 1.29 is 4.42 Å². The van der Waals surface area contributed by atoms with Gasteiger partial charge in [-0.05, 0) is 36.6 Å². The maximum absolute atomic E-state index is 6.24. The molecule has 0 spiro atoms. The smallest absolute Gasteiger partial charge is 0.257 e. The highest BCUT2D eigenvalue weighted by atomic mass is 35.5. The number of halogens is 2. The zero-order chi connectivity index (χ0) is 19.0. The van der Waals surface area contributed by atoms with Gasteiger partial charge in [0, 0.05) is 10.6 Å². The monoisotopic (exact) mass is 438 g/mol. The summed E-state index contributed by atoms with van der Waals surface area (Å²) in [5.74, 6) is 7.59. The molecule has 0 unspecified atom stereocenters. The second-order valence-corrected chi connectivity index (χ2v) is 8.58. The average molecular weight is 439 g/mol. The molecule has 0 aliphatic carbocycles. The highest BCUT2D eigenvalue weighted by Gasteiger charge is 2.21. The number of hydrogen-bond donors (Lipinski definition) is 1. The third-order valence-corrected chi connectivity index (χ3v) is 6.09. The molecule has 0 bridgehead atoms. The summed E-state index contributed by atoms with van der Waals surface area (Å²) >= 11 is 15.1. The third kappa shape index (κ3) is 3.68. The van der Waals surface area contributed by atoms with Crippen LogP contribution in [0.25, 0.3) is 22.2 Å². The van der Waals surface area contributed by atoms with E-state index in [0.717, 1.165) is 4.88 Å². The van der Waals surface area contributed by atoms with Gasteiger partial charge in [-0.3, -0.25) is 0 Å². The Morgan fingerprint density at radius 1 is 1.19 bits per heavy atom. The lowest BCUT2D eigenvalue weighted by Gasteiger charge is -2.07. The molecule has 0 saturated carbocycles. The Kier molecular flexibility index (Phi) is 5.09. The van der Waals surface area contributed by atoms with Crippen molar-refractivity contribution >= 4 is 46.3 Å². The fourth-order valence-electron chi connectivity index (χ4n) is 2.32. The number of thiophene rings is 1. The van der Waals surface area contributed by atoms with E-state index in [-0.39, 0.29) is 5.25 Å². The summed E-state index contributed by atoms with van der Waals surface area (Å²) in [6, 6.07) is 8.96. The SMILES string of the molecule is C[C@H](Sc1nnc(-c2ccc(Cl)cc2Cl)n1N)c1nnc(-c2cccs2)o1. The van der Waals surface area contributed by atoms with E-state index in [1.807, 2.05) is 24.4 Å². The van der Waals surface area contributed by atoms with Gasteiger partial charge in [-0.1, -0.05) is 41.0 Å². The van der Waals surface area contributed by atoms with E-state index in [1.54, 1.807) is 18.2 Å². The molecule has 0 aliphatic heterocycles. The first kappa shape index (κ1) is 18.3. The van der Waals surface area contributed by atoms with Crippen LogP contribution in [0.3, 0.4) is 0 Å². The molecule has 0 radical (unpaired) electrons. The van der Waals surface area contributed by atoms with Gasteiger partial charge in [0.2, 0.25) is 11.0 Å². The van der Waals surface area contributed by atoms with Gasteiger partial charge < -0.3 is 10.3 Å². The molecule has 0 aliphatic rings. The van der Waals surface area contributed by atoms with E-state index in [4.69, 9.17) is 33.5 Å². The largest absolute Gasteiger partial charge is 0.419 e. The Morgan fingerprint density at radius 2 is 2.04 bits per heavy atom. The fraction of sp³-hybridized carbons (Fsp3) is 0.125. The first-order valence-electron chi connectivity index (χ1n) is 7.73. The van der Waals surface area contributed by atoms with E-state index in [9.17, 15) is 0 Å². The highest BCUT2D eigenvalue weighted by Crippen LogP contribution is 2.36. The molecule has 0 fully saturated rings. The molecule has 27 heavy (non-hydrogen) atoms. The number of thioether (sulfide) groups is 1. The zero-order valence-corrected chi connectivity index (χ0v) is 17.0. The Morgan fingerprint density at radius 3 is 2.78 bits per heavy atom. The number of nitrogen functional groups attached to an aromatic ring is 1. The predicted molar refractivity (Wildman–Crippen MR) is 108 cm³/mol. The van der Waals surface area contributed by atoms with Gasteiger partial charge >= 0.3 is 0 Å². The zero-order valence-electron chi connectivity index (χ0n) is 13.8. The van der Waals surface area contributed by atoms with Gasteiger partial charge in [0.15, 0.2) is 5.82 Å². The lowest BCUT2D eigenvalue weighted by atomic mass is 10.2. The maximum atomic E-state index is 6.24. The Hall–Kier alpha value is -2.07. The van der Waals surface area contributed by atoms with Gasteiger partial charge in [-0.15, -0.1) is 31.7 Å². The van der Waals surface area contributed by atoms with Crippen LogP contribution in [0.5, 0.6) is 0 Å². The summed E-state index contributed by atoms with van der Waals surface area (Å²) in [5.41, 5.74) is 0.647. The molecule has 3 heterocycles. The van der Waals surface area contributed by atoms with Crippen molar-refractivity contribution in [1.29, 1.82) is 0 Å². The number of nitrogens with zero attached hydrogens (tertiary/aromatic N) is 5.